The van der Waals surface area contributed by atoms with Crippen LogP contribution in [0.5, 0.6) is 11.5 Å². The van der Waals surface area contributed by atoms with Gasteiger partial charge in [0, 0.05) is 28.7 Å². The summed E-state index contributed by atoms with van der Waals surface area (Å²) in [6.07, 6.45) is 9.86. The smallest absolute Gasteiger partial charge is 0.303 e. The summed E-state index contributed by atoms with van der Waals surface area (Å²) in [5.74, 6) is 1.63. The van der Waals surface area contributed by atoms with Crippen LogP contribution >= 0.6 is 0 Å². The van der Waals surface area contributed by atoms with E-state index < -0.39 is 11.6 Å². The zero-order chi connectivity index (χ0) is 20.1. The largest absolute Gasteiger partial charge is 0.507 e. The predicted octanol–water partition coefficient (Wildman–Crippen LogP) is 5.60. The number of carboxylic acids is 1. The van der Waals surface area contributed by atoms with Crippen molar-refractivity contribution in [3.05, 3.63) is 33.9 Å². The van der Waals surface area contributed by atoms with Gasteiger partial charge in [-0.3, -0.25) is 4.79 Å². The van der Waals surface area contributed by atoms with Crippen LogP contribution in [0.1, 0.15) is 99.8 Å². The highest BCUT2D eigenvalue weighted by atomic mass is 16.5. The highest BCUT2D eigenvalue weighted by molar-refractivity contribution is 5.67. The molecule has 0 aromatic heterocycles. The second-order valence-corrected chi connectivity index (χ2v) is 9.44. The van der Waals surface area contributed by atoms with Crippen molar-refractivity contribution < 1.29 is 19.7 Å². The number of phenols is 1. The lowest BCUT2D eigenvalue weighted by Gasteiger charge is -2.45. The molecule has 0 amide bonds. The van der Waals surface area contributed by atoms with Crippen molar-refractivity contribution in [2.45, 2.75) is 96.0 Å². The normalized spacial score (nSPS) is 27.5. The first-order valence-corrected chi connectivity index (χ1v) is 10.7. The van der Waals surface area contributed by atoms with Crippen molar-refractivity contribution in [3.63, 3.8) is 0 Å². The molecule has 4 heteroatoms. The number of aromatic hydroxyl groups is 1. The molecular weight excluding hydrogens is 352 g/mol. The van der Waals surface area contributed by atoms with Gasteiger partial charge in [-0.25, -0.2) is 0 Å². The summed E-state index contributed by atoms with van der Waals surface area (Å²) in [4.78, 5) is 11.1. The van der Waals surface area contributed by atoms with Crippen molar-refractivity contribution in [2.75, 3.05) is 0 Å². The van der Waals surface area contributed by atoms with E-state index in [9.17, 15) is 9.90 Å². The summed E-state index contributed by atoms with van der Waals surface area (Å²) >= 11 is 0. The van der Waals surface area contributed by atoms with Gasteiger partial charge in [0.15, 0.2) is 0 Å². The van der Waals surface area contributed by atoms with E-state index in [-0.39, 0.29) is 6.42 Å². The van der Waals surface area contributed by atoms with E-state index in [1.165, 1.54) is 24.0 Å². The minimum atomic E-state index is -0.772. The standard InChI is InChI=1S/C24H32O4/c1-14(2)4-9-17-18-10-12-24(3,13-11-19(25)26)28-23(18)21-16-7-5-15(6-8-16)20(21)22(17)27/h4,15-16,27H,5-13H2,1-3H3,(H,25,26). The Morgan fingerprint density at radius 1 is 1.18 bits per heavy atom. The molecule has 1 fully saturated rings. The van der Waals surface area contributed by atoms with E-state index in [1.807, 2.05) is 0 Å². The lowest BCUT2D eigenvalue weighted by molar-refractivity contribution is -0.138. The third-order valence-corrected chi connectivity index (χ3v) is 7.09. The van der Waals surface area contributed by atoms with Crippen LogP contribution in [0.3, 0.4) is 0 Å². The highest BCUT2D eigenvalue weighted by Crippen LogP contribution is 2.59. The maximum Gasteiger partial charge on any atom is 0.303 e. The highest BCUT2D eigenvalue weighted by Gasteiger charge is 2.43. The van der Waals surface area contributed by atoms with Crippen LogP contribution in [0.25, 0.3) is 0 Å². The SMILES string of the molecule is CC(C)=CCc1c(O)c2c(c3c1CCC(C)(CCC(=O)O)O3)C1CCC2CC1. The van der Waals surface area contributed by atoms with E-state index in [4.69, 9.17) is 9.84 Å². The van der Waals surface area contributed by atoms with Crippen LogP contribution in [-0.4, -0.2) is 21.8 Å². The molecule has 1 heterocycles. The lowest BCUT2D eigenvalue weighted by Crippen LogP contribution is -2.39. The number of rotatable bonds is 5. The Bertz CT molecular complexity index is 826. The quantitative estimate of drug-likeness (QED) is 0.648. The lowest BCUT2D eigenvalue weighted by atomic mass is 9.64. The molecule has 3 aliphatic carbocycles. The Balaban J connectivity index is 1.82. The van der Waals surface area contributed by atoms with Gasteiger partial charge in [-0.05, 0) is 84.0 Å². The van der Waals surface area contributed by atoms with E-state index in [0.717, 1.165) is 54.5 Å². The Kier molecular flexibility index (Phi) is 4.93. The molecule has 1 atom stereocenters. The minimum absolute atomic E-state index is 0.128. The zero-order valence-electron chi connectivity index (χ0n) is 17.3. The van der Waals surface area contributed by atoms with Crippen LogP contribution in [0.2, 0.25) is 0 Å². The first kappa shape index (κ1) is 19.4. The van der Waals surface area contributed by atoms with Crippen LogP contribution in [0.15, 0.2) is 11.6 Å². The van der Waals surface area contributed by atoms with Crippen molar-refractivity contribution in [1.29, 1.82) is 0 Å². The fraction of sp³-hybridized carbons (Fsp3) is 0.625. The number of aliphatic carboxylic acids is 1. The van der Waals surface area contributed by atoms with Gasteiger partial charge in [-0.2, -0.15) is 0 Å². The number of ether oxygens (including phenoxy) is 1. The van der Waals surface area contributed by atoms with Crippen LogP contribution in [0.4, 0.5) is 0 Å². The number of allylic oxidation sites excluding steroid dienone is 2. The molecule has 152 valence electrons. The molecule has 1 aromatic rings. The van der Waals surface area contributed by atoms with Gasteiger partial charge in [0.2, 0.25) is 0 Å². The fourth-order valence-corrected chi connectivity index (χ4v) is 5.49. The van der Waals surface area contributed by atoms with Crippen molar-refractivity contribution >= 4 is 5.97 Å². The molecule has 4 aliphatic rings. The van der Waals surface area contributed by atoms with Gasteiger partial charge >= 0.3 is 5.97 Å². The second-order valence-electron chi connectivity index (χ2n) is 9.44. The monoisotopic (exact) mass is 384 g/mol. The predicted molar refractivity (Wildman–Crippen MR) is 109 cm³/mol. The van der Waals surface area contributed by atoms with Crippen LogP contribution in [0, 0.1) is 0 Å². The second kappa shape index (κ2) is 7.13. The number of hydrogen-bond donors (Lipinski definition) is 2. The molecular formula is C24H32O4. The molecule has 5 rings (SSSR count). The summed E-state index contributed by atoms with van der Waals surface area (Å²) in [5.41, 5.74) is 5.38. The molecule has 0 radical (unpaired) electrons. The molecule has 2 bridgehead atoms. The summed E-state index contributed by atoms with van der Waals surface area (Å²) in [7, 11) is 0. The van der Waals surface area contributed by atoms with Crippen molar-refractivity contribution in [1.82, 2.24) is 0 Å². The van der Waals surface area contributed by atoms with Gasteiger partial charge in [0.05, 0.1) is 0 Å². The third kappa shape index (κ3) is 3.31. The van der Waals surface area contributed by atoms with E-state index in [0.29, 0.717) is 24.0 Å². The molecule has 0 spiro atoms. The van der Waals surface area contributed by atoms with Gasteiger partial charge < -0.3 is 14.9 Å². The Morgan fingerprint density at radius 2 is 1.82 bits per heavy atom. The topological polar surface area (TPSA) is 66.8 Å². The van der Waals surface area contributed by atoms with Gasteiger partial charge in [-0.1, -0.05) is 11.6 Å². The number of hydrogen-bond acceptors (Lipinski definition) is 3. The average Bonchev–Trinajstić information content (AvgIpc) is 2.67. The summed E-state index contributed by atoms with van der Waals surface area (Å²) in [6, 6.07) is 0. The Hall–Kier alpha value is -1.97. The van der Waals surface area contributed by atoms with Gasteiger partial charge in [0.25, 0.3) is 0 Å². The van der Waals surface area contributed by atoms with Crippen LogP contribution in [-0.2, 0) is 17.6 Å². The van der Waals surface area contributed by atoms with Crippen molar-refractivity contribution in [2.24, 2.45) is 0 Å². The molecule has 1 unspecified atom stereocenters. The van der Waals surface area contributed by atoms with Crippen LogP contribution < -0.4 is 4.74 Å². The Labute approximate surface area is 167 Å². The number of carbonyl (C=O) groups is 1. The third-order valence-electron chi connectivity index (χ3n) is 7.09. The number of fused-ring (bicyclic) bond motifs is 3. The Morgan fingerprint density at radius 3 is 2.43 bits per heavy atom. The molecule has 4 nitrogen and oxygen atoms in total. The molecule has 28 heavy (non-hydrogen) atoms. The van der Waals surface area contributed by atoms with E-state index in [1.54, 1.807) is 0 Å². The minimum Gasteiger partial charge on any atom is -0.507 e. The number of phenolic OH excluding ortho intramolecular Hbond substituents is 1. The van der Waals surface area contributed by atoms with Gasteiger partial charge in [-0.15, -0.1) is 0 Å². The maximum atomic E-state index is 11.3. The molecule has 0 saturated heterocycles. The molecule has 1 aliphatic heterocycles. The zero-order valence-corrected chi connectivity index (χ0v) is 17.3. The van der Waals surface area contributed by atoms with E-state index in [2.05, 4.69) is 26.8 Å². The fourth-order valence-electron chi connectivity index (χ4n) is 5.49. The van der Waals surface area contributed by atoms with E-state index >= 15 is 0 Å². The molecule has 1 aromatic carbocycles. The van der Waals surface area contributed by atoms with Gasteiger partial charge in [0.1, 0.15) is 17.1 Å². The van der Waals surface area contributed by atoms with Crippen molar-refractivity contribution in [3.8, 4) is 11.5 Å². The molecule has 2 N–H and O–H groups in total. The maximum absolute atomic E-state index is 11.3. The number of benzene rings is 1. The first-order chi connectivity index (χ1) is 13.3. The summed E-state index contributed by atoms with van der Waals surface area (Å²) in [6.45, 7) is 6.22. The average molecular weight is 385 g/mol. The first-order valence-electron chi connectivity index (χ1n) is 10.7. The number of carboxylic acid groups (broad SMARTS) is 1. The molecule has 1 saturated carbocycles. The summed E-state index contributed by atoms with van der Waals surface area (Å²) < 4.78 is 6.63. The summed E-state index contributed by atoms with van der Waals surface area (Å²) in [5, 5.41) is 20.4.